The molecule has 0 aliphatic carbocycles. The van der Waals surface area contributed by atoms with E-state index in [1.165, 1.54) is 31.2 Å². The second kappa shape index (κ2) is 7.25. The summed E-state index contributed by atoms with van der Waals surface area (Å²) in [4.78, 5) is 11.5. The van der Waals surface area contributed by atoms with Gasteiger partial charge in [0, 0.05) is 5.69 Å². The minimum Gasteiger partial charge on any atom is -0.325 e. The smallest absolute Gasteiger partial charge is 0.244 e. The van der Waals surface area contributed by atoms with Crippen molar-refractivity contribution < 1.29 is 22.0 Å². The molecule has 0 bridgehead atoms. The SMILES string of the molecule is C[C@@H](NS(=O)(=O)c1ccccc1F)C(=O)Nc1ccc(F)c(Cl)c1. The fraction of sp³-hybridized carbons (Fsp3) is 0.133. The molecular formula is C15H13ClF2N2O3S. The highest BCUT2D eigenvalue weighted by Crippen LogP contribution is 2.19. The molecule has 2 aromatic carbocycles. The molecule has 0 aromatic heterocycles. The van der Waals surface area contributed by atoms with Crippen LogP contribution >= 0.6 is 11.6 Å². The van der Waals surface area contributed by atoms with Crippen LogP contribution in [0.25, 0.3) is 0 Å². The minimum atomic E-state index is -4.21. The van der Waals surface area contributed by atoms with Gasteiger partial charge in [-0.05, 0) is 37.3 Å². The lowest BCUT2D eigenvalue weighted by Gasteiger charge is -2.15. The Morgan fingerprint density at radius 1 is 1.12 bits per heavy atom. The lowest BCUT2D eigenvalue weighted by atomic mass is 10.3. The maximum atomic E-state index is 13.6. The van der Waals surface area contributed by atoms with Crippen LogP contribution in [-0.2, 0) is 14.8 Å². The summed E-state index contributed by atoms with van der Waals surface area (Å²) < 4.78 is 53.0. The predicted octanol–water partition coefficient (Wildman–Crippen LogP) is 2.92. The standard InChI is InChI=1S/C15H13ClF2N2O3S/c1-9(15(21)19-10-6-7-12(17)11(16)8-10)20-24(22,23)14-5-3-2-4-13(14)18/h2-9,20H,1H3,(H,19,21)/t9-/m1/s1. The number of anilines is 1. The van der Waals surface area contributed by atoms with Crippen LogP contribution in [0.4, 0.5) is 14.5 Å². The molecule has 2 N–H and O–H groups in total. The highest BCUT2D eigenvalue weighted by Gasteiger charge is 2.24. The number of sulfonamides is 1. The molecule has 2 rings (SSSR count). The number of halogens is 3. The van der Waals surface area contributed by atoms with Gasteiger partial charge in [-0.15, -0.1) is 0 Å². The second-order valence-electron chi connectivity index (χ2n) is 4.89. The Kier molecular flexibility index (Phi) is 5.53. The highest BCUT2D eigenvalue weighted by atomic mass is 35.5. The summed E-state index contributed by atoms with van der Waals surface area (Å²) in [7, 11) is -4.21. The molecular weight excluding hydrogens is 362 g/mol. The van der Waals surface area contributed by atoms with Gasteiger partial charge < -0.3 is 5.32 Å². The van der Waals surface area contributed by atoms with Crippen LogP contribution in [0.15, 0.2) is 47.4 Å². The molecule has 0 aliphatic heterocycles. The summed E-state index contributed by atoms with van der Waals surface area (Å²) in [6, 6.07) is 7.13. The quantitative estimate of drug-likeness (QED) is 0.845. The van der Waals surface area contributed by atoms with Crippen LogP contribution < -0.4 is 10.0 Å². The van der Waals surface area contributed by atoms with Crippen LogP contribution in [-0.4, -0.2) is 20.4 Å². The van der Waals surface area contributed by atoms with E-state index in [0.717, 1.165) is 18.2 Å². The maximum Gasteiger partial charge on any atom is 0.244 e. The van der Waals surface area contributed by atoms with Gasteiger partial charge in [-0.2, -0.15) is 4.72 Å². The first-order valence-electron chi connectivity index (χ1n) is 6.73. The third-order valence-corrected chi connectivity index (χ3v) is 4.90. The first kappa shape index (κ1) is 18.3. The molecule has 9 heteroatoms. The van der Waals surface area contributed by atoms with Crippen molar-refractivity contribution in [3.63, 3.8) is 0 Å². The maximum absolute atomic E-state index is 13.6. The molecule has 0 aliphatic rings. The van der Waals surface area contributed by atoms with Gasteiger partial charge in [0.05, 0.1) is 11.1 Å². The number of hydrogen-bond acceptors (Lipinski definition) is 3. The Morgan fingerprint density at radius 3 is 2.42 bits per heavy atom. The van der Waals surface area contributed by atoms with Crippen LogP contribution in [0, 0.1) is 11.6 Å². The fourth-order valence-electron chi connectivity index (χ4n) is 1.84. The summed E-state index contributed by atoms with van der Waals surface area (Å²) in [5, 5.41) is 2.20. The fourth-order valence-corrected chi connectivity index (χ4v) is 3.30. The highest BCUT2D eigenvalue weighted by molar-refractivity contribution is 7.89. The van der Waals surface area contributed by atoms with Gasteiger partial charge in [0.1, 0.15) is 16.5 Å². The zero-order chi connectivity index (χ0) is 17.9. The third-order valence-electron chi connectivity index (χ3n) is 3.04. The first-order valence-corrected chi connectivity index (χ1v) is 8.59. The molecule has 0 fully saturated rings. The van der Waals surface area contributed by atoms with Gasteiger partial charge in [-0.1, -0.05) is 23.7 Å². The number of amides is 1. The summed E-state index contributed by atoms with van der Waals surface area (Å²) >= 11 is 5.60. The number of nitrogens with one attached hydrogen (secondary N) is 2. The van der Waals surface area contributed by atoms with Crippen LogP contribution in [0.1, 0.15) is 6.92 Å². The molecule has 0 unspecified atom stereocenters. The van der Waals surface area contributed by atoms with Gasteiger partial charge in [0.2, 0.25) is 15.9 Å². The van der Waals surface area contributed by atoms with Gasteiger partial charge in [-0.25, -0.2) is 17.2 Å². The van der Waals surface area contributed by atoms with Crippen molar-refractivity contribution in [1.82, 2.24) is 4.72 Å². The summed E-state index contributed by atoms with van der Waals surface area (Å²) in [6.07, 6.45) is 0. The number of hydrogen-bond donors (Lipinski definition) is 2. The summed E-state index contributed by atoms with van der Waals surface area (Å²) in [6.45, 7) is 1.29. The number of carbonyl (C=O) groups excluding carboxylic acids is 1. The van der Waals surface area contributed by atoms with Gasteiger partial charge in [0.15, 0.2) is 0 Å². The Morgan fingerprint density at radius 2 is 1.79 bits per heavy atom. The topological polar surface area (TPSA) is 75.3 Å². The lowest BCUT2D eigenvalue weighted by Crippen LogP contribution is -2.41. The Hall–Kier alpha value is -2.03. The normalized spacial score (nSPS) is 12.7. The average molecular weight is 375 g/mol. The van der Waals surface area contributed by atoms with Crippen molar-refractivity contribution in [3.05, 3.63) is 59.1 Å². The zero-order valence-electron chi connectivity index (χ0n) is 12.4. The van der Waals surface area contributed by atoms with Crippen molar-refractivity contribution in [1.29, 1.82) is 0 Å². The van der Waals surface area contributed by atoms with E-state index in [1.807, 2.05) is 0 Å². The van der Waals surface area contributed by atoms with E-state index in [2.05, 4.69) is 10.0 Å². The average Bonchev–Trinajstić information content (AvgIpc) is 2.50. The zero-order valence-corrected chi connectivity index (χ0v) is 14.0. The van der Waals surface area contributed by atoms with Crippen LogP contribution in [0.5, 0.6) is 0 Å². The Bertz CT molecular complexity index is 875. The van der Waals surface area contributed by atoms with Crippen molar-refractivity contribution in [2.75, 3.05) is 5.32 Å². The van der Waals surface area contributed by atoms with E-state index in [9.17, 15) is 22.0 Å². The summed E-state index contributed by atoms with van der Waals surface area (Å²) in [5.74, 6) is -2.29. The monoisotopic (exact) mass is 374 g/mol. The van der Waals surface area contributed by atoms with Gasteiger partial charge in [0.25, 0.3) is 0 Å². The molecule has 1 atom stereocenters. The number of benzene rings is 2. The molecule has 1 amide bonds. The van der Waals surface area contributed by atoms with Crippen molar-refractivity contribution in [2.24, 2.45) is 0 Å². The lowest BCUT2D eigenvalue weighted by molar-refractivity contribution is -0.117. The van der Waals surface area contributed by atoms with E-state index in [-0.39, 0.29) is 10.7 Å². The van der Waals surface area contributed by atoms with E-state index >= 15 is 0 Å². The van der Waals surface area contributed by atoms with Gasteiger partial charge in [-0.3, -0.25) is 4.79 Å². The van der Waals surface area contributed by atoms with Crippen LogP contribution in [0.3, 0.4) is 0 Å². The van der Waals surface area contributed by atoms with Crippen molar-refractivity contribution >= 4 is 33.2 Å². The van der Waals surface area contributed by atoms with E-state index < -0.39 is 38.5 Å². The van der Waals surface area contributed by atoms with E-state index in [0.29, 0.717) is 0 Å². The number of carbonyl (C=O) groups is 1. The molecule has 0 radical (unpaired) electrons. The van der Waals surface area contributed by atoms with Crippen molar-refractivity contribution in [2.45, 2.75) is 17.9 Å². The molecule has 0 heterocycles. The van der Waals surface area contributed by atoms with Crippen molar-refractivity contribution in [3.8, 4) is 0 Å². The largest absolute Gasteiger partial charge is 0.325 e. The Labute approximate surface area is 142 Å². The number of rotatable bonds is 5. The predicted molar refractivity (Wildman–Crippen MR) is 86.2 cm³/mol. The molecule has 24 heavy (non-hydrogen) atoms. The van der Waals surface area contributed by atoms with Gasteiger partial charge >= 0.3 is 0 Å². The Balaban J connectivity index is 2.11. The molecule has 128 valence electrons. The summed E-state index contributed by atoms with van der Waals surface area (Å²) in [5.41, 5.74) is 0.198. The van der Waals surface area contributed by atoms with E-state index in [1.54, 1.807) is 0 Å². The first-order chi connectivity index (χ1) is 11.2. The molecule has 2 aromatic rings. The molecule has 0 saturated carbocycles. The van der Waals surface area contributed by atoms with E-state index in [4.69, 9.17) is 11.6 Å². The third kappa shape index (κ3) is 4.28. The van der Waals surface area contributed by atoms with Crippen LogP contribution in [0.2, 0.25) is 5.02 Å². The molecule has 0 saturated heterocycles. The second-order valence-corrected chi connectivity index (χ2v) is 6.98. The molecule has 0 spiro atoms. The minimum absolute atomic E-state index is 0.188. The molecule has 5 nitrogen and oxygen atoms in total.